The third-order valence-corrected chi connectivity index (χ3v) is 3.62. The third-order valence-electron chi connectivity index (χ3n) is 2.89. The number of halogens is 8. The van der Waals surface area contributed by atoms with Gasteiger partial charge in [0.1, 0.15) is 11.3 Å². The Labute approximate surface area is 150 Å². The van der Waals surface area contributed by atoms with Gasteiger partial charge in [0.25, 0.3) is 0 Å². The van der Waals surface area contributed by atoms with Gasteiger partial charge in [-0.15, -0.1) is 0 Å². The first-order valence-corrected chi connectivity index (χ1v) is 7.49. The van der Waals surface area contributed by atoms with Crippen LogP contribution in [0.25, 0.3) is 0 Å². The Bertz CT molecular complexity index is 792. The molecule has 0 aliphatic carbocycles. The van der Waals surface area contributed by atoms with E-state index in [9.17, 15) is 30.7 Å². The monoisotopic (exact) mass is 446 g/mol. The van der Waals surface area contributed by atoms with Crippen LogP contribution in [0.5, 0.6) is 0 Å². The molecule has 0 radical (unpaired) electrons. The highest BCUT2D eigenvalue weighted by Crippen LogP contribution is 2.38. The Morgan fingerprint density at radius 3 is 1.76 bits per heavy atom. The number of anilines is 2. The van der Waals surface area contributed by atoms with Gasteiger partial charge in [0.15, 0.2) is 28.4 Å². The van der Waals surface area contributed by atoms with Gasteiger partial charge in [-0.25, -0.2) is 17.6 Å². The number of nitrogens with one attached hydrogen (secondary N) is 2. The first kappa shape index (κ1) is 19.4. The molecule has 0 amide bonds. The van der Waals surface area contributed by atoms with E-state index in [0.29, 0.717) is 5.69 Å². The van der Waals surface area contributed by atoms with Gasteiger partial charge in [-0.3, -0.25) is 0 Å². The normalized spacial score (nSPS) is 11.4. The van der Waals surface area contributed by atoms with E-state index >= 15 is 0 Å². The van der Waals surface area contributed by atoms with Crippen LogP contribution in [0.3, 0.4) is 0 Å². The number of alkyl halides is 3. The average Bonchev–Trinajstić information content (AvgIpc) is 2.51. The highest BCUT2D eigenvalue weighted by Gasteiger charge is 2.42. The van der Waals surface area contributed by atoms with Gasteiger partial charge in [-0.1, -0.05) is 15.9 Å². The molecule has 2 aromatic carbocycles. The van der Waals surface area contributed by atoms with E-state index in [-0.39, 0.29) is 0 Å². The van der Waals surface area contributed by atoms with Crippen LogP contribution in [0.2, 0.25) is 0 Å². The van der Waals surface area contributed by atoms with Crippen LogP contribution in [0.4, 0.5) is 42.1 Å². The lowest BCUT2D eigenvalue weighted by Gasteiger charge is -2.16. The molecule has 0 saturated carbocycles. The van der Waals surface area contributed by atoms with Crippen LogP contribution < -0.4 is 10.6 Å². The summed E-state index contributed by atoms with van der Waals surface area (Å²) in [5.74, 6) is -9.63. The molecule has 11 heteroatoms. The van der Waals surface area contributed by atoms with Crippen molar-refractivity contribution in [1.29, 1.82) is 0 Å². The molecule has 0 atom stereocenters. The van der Waals surface area contributed by atoms with Crippen LogP contribution in [-0.4, -0.2) is 5.11 Å². The maximum atomic E-state index is 13.7. The minimum atomic E-state index is -5.61. The number of thiocarbonyl (C=S) groups is 1. The second kappa shape index (κ2) is 7.16. The SMILES string of the molecule is Fc1c(F)c(C(F)(F)F)c(F)c(F)c1NC(=S)Nc1ccc(Br)cc1. The summed E-state index contributed by atoms with van der Waals surface area (Å²) in [6.45, 7) is 0. The molecule has 0 aliphatic rings. The Morgan fingerprint density at radius 1 is 0.840 bits per heavy atom. The van der Waals surface area contributed by atoms with E-state index in [4.69, 9.17) is 12.2 Å². The van der Waals surface area contributed by atoms with Gasteiger partial charge in [-0.2, -0.15) is 13.2 Å². The predicted molar refractivity (Wildman–Crippen MR) is 85.3 cm³/mol. The molecule has 0 aromatic heterocycles. The molecule has 0 bridgehead atoms. The Kier molecular flexibility index (Phi) is 5.57. The zero-order chi connectivity index (χ0) is 18.9. The van der Waals surface area contributed by atoms with Gasteiger partial charge >= 0.3 is 6.18 Å². The summed E-state index contributed by atoms with van der Waals surface area (Å²) in [5, 5.41) is 3.78. The summed E-state index contributed by atoms with van der Waals surface area (Å²) < 4.78 is 92.8. The molecule has 25 heavy (non-hydrogen) atoms. The Hall–Kier alpha value is -1.88. The summed E-state index contributed by atoms with van der Waals surface area (Å²) in [4.78, 5) is 0. The lowest BCUT2D eigenvalue weighted by Crippen LogP contribution is -2.23. The fraction of sp³-hybridized carbons (Fsp3) is 0.0714. The highest BCUT2D eigenvalue weighted by molar-refractivity contribution is 9.10. The minimum Gasteiger partial charge on any atom is -0.332 e. The molecule has 0 heterocycles. The van der Waals surface area contributed by atoms with Crippen LogP contribution >= 0.6 is 28.1 Å². The van der Waals surface area contributed by atoms with Gasteiger partial charge in [0, 0.05) is 10.2 Å². The lowest BCUT2D eigenvalue weighted by atomic mass is 10.1. The van der Waals surface area contributed by atoms with E-state index in [1.807, 2.05) is 5.32 Å². The Balaban J connectivity index is 2.34. The molecular weight excluding hydrogens is 441 g/mol. The number of hydrogen-bond donors (Lipinski definition) is 2. The Morgan fingerprint density at radius 2 is 1.32 bits per heavy atom. The molecular formula is C14H6BrF7N2S. The van der Waals surface area contributed by atoms with E-state index < -0.39 is 45.8 Å². The maximum Gasteiger partial charge on any atom is 0.422 e. The van der Waals surface area contributed by atoms with Crippen LogP contribution in [0, 0.1) is 23.3 Å². The van der Waals surface area contributed by atoms with E-state index in [2.05, 4.69) is 21.2 Å². The van der Waals surface area contributed by atoms with Crippen molar-refractivity contribution in [3.05, 3.63) is 57.6 Å². The van der Waals surface area contributed by atoms with E-state index in [1.54, 1.807) is 12.1 Å². The summed E-state index contributed by atoms with van der Waals surface area (Å²) in [6.07, 6.45) is -5.61. The predicted octanol–water partition coefficient (Wildman–Crippen LogP) is 5.83. The van der Waals surface area contributed by atoms with Crippen molar-refractivity contribution in [3.8, 4) is 0 Å². The van der Waals surface area contributed by atoms with E-state index in [0.717, 1.165) is 4.47 Å². The maximum absolute atomic E-state index is 13.7. The molecule has 0 fully saturated rings. The molecule has 134 valence electrons. The van der Waals surface area contributed by atoms with Gasteiger partial charge in [-0.05, 0) is 36.5 Å². The molecule has 0 unspecified atom stereocenters. The molecule has 0 aliphatic heterocycles. The van der Waals surface area contributed by atoms with Crippen molar-refractivity contribution in [2.45, 2.75) is 6.18 Å². The third kappa shape index (κ3) is 4.21. The van der Waals surface area contributed by atoms with Crippen molar-refractivity contribution < 1.29 is 30.7 Å². The fourth-order valence-electron chi connectivity index (χ4n) is 1.80. The molecule has 0 spiro atoms. The zero-order valence-corrected chi connectivity index (χ0v) is 14.1. The summed E-state index contributed by atoms with van der Waals surface area (Å²) in [5.41, 5.74) is -3.77. The van der Waals surface area contributed by atoms with Crippen LogP contribution in [-0.2, 0) is 6.18 Å². The quantitative estimate of drug-likeness (QED) is 0.344. The zero-order valence-electron chi connectivity index (χ0n) is 11.7. The first-order chi connectivity index (χ1) is 11.5. The smallest absolute Gasteiger partial charge is 0.332 e. The second-order valence-corrected chi connectivity index (χ2v) is 5.91. The van der Waals surface area contributed by atoms with Gasteiger partial charge < -0.3 is 10.6 Å². The number of benzene rings is 2. The van der Waals surface area contributed by atoms with Crippen molar-refractivity contribution >= 4 is 44.6 Å². The minimum absolute atomic E-state index is 0.356. The fourth-order valence-corrected chi connectivity index (χ4v) is 2.28. The largest absolute Gasteiger partial charge is 0.422 e. The molecule has 2 nitrogen and oxygen atoms in total. The number of rotatable bonds is 2. The molecule has 2 N–H and O–H groups in total. The highest BCUT2D eigenvalue weighted by atomic mass is 79.9. The van der Waals surface area contributed by atoms with Crippen LogP contribution in [0.15, 0.2) is 28.7 Å². The molecule has 2 aromatic rings. The van der Waals surface area contributed by atoms with Crippen LogP contribution in [0.1, 0.15) is 5.56 Å². The first-order valence-electron chi connectivity index (χ1n) is 6.29. The average molecular weight is 447 g/mol. The topological polar surface area (TPSA) is 24.1 Å². The summed E-state index contributed by atoms with van der Waals surface area (Å²) >= 11 is 7.90. The van der Waals surface area contributed by atoms with Gasteiger partial charge in [0.05, 0.1) is 0 Å². The van der Waals surface area contributed by atoms with Gasteiger partial charge in [0.2, 0.25) is 0 Å². The van der Waals surface area contributed by atoms with E-state index in [1.165, 1.54) is 12.1 Å². The van der Waals surface area contributed by atoms with Crippen molar-refractivity contribution in [3.63, 3.8) is 0 Å². The summed E-state index contributed by atoms with van der Waals surface area (Å²) in [6, 6.07) is 6.23. The second-order valence-electron chi connectivity index (χ2n) is 4.59. The standard InChI is InChI=1S/C14H6BrF7N2S/c15-5-1-3-6(4-2-5)23-13(25)24-12-10(18)8(16)7(14(20,21)22)9(17)11(12)19/h1-4H,(H2,23,24,25). The summed E-state index contributed by atoms with van der Waals surface area (Å²) in [7, 11) is 0. The van der Waals surface area contributed by atoms with Crippen molar-refractivity contribution in [1.82, 2.24) is 0 Å². The lowest BCUT2D eigenvalue weighted by molar-refractivity contribution is -0.143. The molecule has 2 rings (SSSR count). The van der Waals surface area contributed by atoms with Crippen molar-refractivity contribution in [2.24, 2.45) is 0 Å². The number of hydrogen-bond acceptors (Lipinski definition) is 1. The van der Waals surface area contributed by atoms with Crippen molar-refractivity contribution in [2.75, 3.05) is 10.6 Å². The molecule has 0 saturated heterocycles.